The molecule has 0 radical (unpaired) electrons. The molecule has 0 spiro atoms. The minimum Gasteiger partial charge on any atom is -0.336 e. The van der Waals surface area contributed by atoms with Crippen molar-refractivity contribution in [2.24, 2.45) is 0 Å². The number of nitrogens with zero attached hydrogens (tertiary/aromatic N) is 2. The molecule has 0 aliphatic carbocycles. The van der Waals surface area contributed by atoms with Gasteiger partial charge in [0, 0.05) is 44.3 Å². The van der Waals surface area contributed by atoms with Crippen molar-refractivity contribution in [1.29, 1.82) is 0 Å². The Balaban J connectivity index is 1.75. The average molecular weight is 332 g/mol. The zero-order chi connectivity index (χ0) is 16.4. The Morgan fingerprint density at radius 3 is 2.41 bits per heavy atom. The molecule has 2 fully saturated rings. The van der Waals surface area contributed by atoms with Crippen LogP contribution in [-0.2, 0) is 9.84 Å². The lowest BCUT2D eigenvalue weighted by molar-refractivity contribution is 0.0633. The van der Waals surface area contributed by atoms with E-state index in [-0.39, 0.29) is 29.1 Å². The Morgan fingerprint density at radius 1 is 1.23 bits per heavy atom. The summed E-state index contributed by atoms with van der Waals surface area (Å²) in [5.41, 5.74) is -0.111. The first-order valence-corrected chi connectivity index (χ1v) is 9.68. The highest BCUT2D eigenvalue weighted by Gasteiger charge is 2.31. The van der Waals surface area contributed by atoms with Crippen LogP contribution >= 0.6 is 0 Å². The smallest absolute Gasteiger partial charge is 0.315 e. The first-order chi connectivity index (χ1) is 10.2. The van der Waals surface area contributed by atoms with Crippen molar-refractivity contribution in [1.82, 2.24) is 20.4 Å². The van der Waals surface area contributed by atoms with Crippen molar-refractivity contribution in [2.45, 2.75) is 31.8 Å². The zero-order valence-electron chi connectivity index (χ0n) is 13.8. The molecule has 0 bridgehead atoms. The highest BCUT2D eigenvalue weighted by atomic mass is 32.2. The number of carbonyl (C=O) groups excluding carboxylic acids is 1. The third-order valence-corrected chi connectivity index (χ3v) is 6.38. The fourth-order valence-electron chi connectivity index (χ4n) is 2.97. The predicted molar refractivity (Wildman–Crippen MR) is 86.7 cm³/mol. The Bertz CT molecular complexity index is 498. The molecule has 2 N–H and O–H groups in total. The fraction of sp³-hybridized carbons (Fsp3) is 0.929. The van der Waals surface area contributed by atoms with E-state index in [2.05, 4.69) is 41.3 Å². The molecule has 2 saturated heterocycles. The van der Waals surface area contributed by atoms with E-state index in [9.17, 15) is 13.2 Å². The van der Waals surface area contributed by atoms with E-state index >= 15 is 0 Å². The highest BCUT2D eigenvalue weighted by Crippen LogP contribution is 2.16. The lowest BCUT2D eigenvalue weighted by atomic mass is 10.0. The van der Waals surface area contributed by atoms with Gasteiger partial charge in [0.1, 0.15) is 0 Å². The number of likely N-dealkylation sites (N-methyl/N-ethyl adjacent to an activating group) is 1. The first kappa shape index (κ1) is 17.5. The number of sulfone groups is 1. The van der Waals surface area contributed by atoms with E-state index in [0.29, 0.717) is 13.0 Å². The van der Waals surface area contributed by atoms with Gasteiger partial charge in [-0.25, -0.2) is 13.2 Å². The van der Waals surface area contributed by atoms with Gasteiger partial charge >= 0.3 is 6.03 Å². The summed E-state index contributed by atoms with van der Waals surface area (Å²) < 4.78 is 22.8. The molecule has 2 aliphatic heterocycles. The Kier molecular flexibility index (Phi) is 5.34. The lowest BCUT2D eigenvalue weighted by Crippen LogP contribution is -2.58. The normalized spacial score (nSPS) is 26.8. The zero-order valence-corrected chi connectivity index (χ0v) is 14.6. The Hall–Kier alpha value is -0.860. The van der Waals surface area contributed by atoms with Crippen LogP contribution < -0.4 is 10.6 Å². The van der Waals surface area contributed by atoms with Gasteiger partial charge in [-0.3, -0.25) is 4.90 Å². The maximum Gasteiger partial charge on any atom is 0.315 e. The number of hydrogen-bond donors (Lipinski definition) is 2. The van der Waals surface area contributed by atoms with E-state index < -0.39 is 9.84 Å². The number of urea groups is 1. The Morgan fingerprint density at radius 2 is 1.86 bits per heavy atom. The van der Waals surface area contributed by atoms with Crippen LogP contribution in [-0.4, -0.2) is 87.1 Å². The van der Waals surface area contributed by atoms with Crippen LogP contribution in [0.3, 0.4) is 0 Å². The van der Waals surface area contributed by atoms with E-state index in [1.54, 1.807) is 0 Å². The van der Waals surface area contributed by atoms with Crippen molar-refractivity contribution < 1.29 is 13.2 Å². The molecule has 0 aromatic heterocycles. The summed E-state index contributed by atoms with van der Waals surface area (Å²) >= 11 is 0. The summed E-state index contributed by atoms with van der Waals surface area (Å²) in [5, 5.41) is 5.65. The van der Waals surface area contributed by atoms with Crippen molar-refractivity contribution >= 4 is 15.9 Å². The minimum atomic E-state index is -2.96. The van der Waals surface area contributed by atoms with Crippen LogP contribution in [0, 0.1) is 0 Å². The standard InChI is InChI=1S/C14H28N4O3S/c1-14(2,18-7-5-17(3)6-8-18)11-15-13(19)16-12-4-9-22(20,21)10-12/h12H,4-11H2,1-3H3,(H2,15,16,19)/t12-/m0/s1. The van der Waals surface area contributed by atoms with E-state index in [4.69, 9.17) is 0 Å². The molecule has 128 valence electrons. The van der Waals surface area contributed by atoms with Crippen molar-refractivity contribution in [3.8, 4) is 0 Å². The quantitative estimate of drug-likeness (QED) is 0.725. The molecular formula is C14H28N4O3S. The predicted octanol–water partition coefficient (Wildman–Crippen LogP) is -0.501. The van der Waals surface area contributed by atoms with Crippen LogP contribution in [0.15, 0.2) is 0 Å². The monoisotopic (exact) mass is 332 g/mol. The molecule has 22 heavy (non-hydrogen) atoms. The molecule has 0 unspecified atom stereocenters. The van der Waals surface area contributed by atoms with Crippen LogP contribution in [0.1, 0.15) is 20.3 Å². The number of nitrogens with one attached hydrogen (secondary N) is 2. The van der Waals surface area contributed by atoms with Crippen molar-refractivity contribution in [3.63, 3.8) is 0 Å². The van der Waals surface area contributed by atoms with Gasteiger partial charge in [0.25, 0.3) is 0 Å². The number of rotatable bonds is 4. The molecule has 2 amide bonds. The van der Waals surface area contributed by atoms with E-state index in [1.165, 1.54) is 0 Å². The average Bonchev–Trinajstić information content (AvgIpc) is 2.76. The van der Waals surface area contributed by atoms with Gasteiger partial charge in [-0.05, 0) is 27.3 Å². The maximum absolute atomic E-state index is 11.9. The molecule has 8 heteroatoms. The van der Waals surface area contributed by atoms with Gasteiger partial charge in [-0.15, -0.1) is 0 Å². The SMILES string of the molecule is CN1CCN(C(C)(C)CNC(=O)N[C@H]2CCS(=O)(=O)C2)CC1. The fourth-order valence-corrected chi connectivity index (χ4v) is 4.64. The number of amides is 2. The summed E-state index contributed by atoms with van der Waals surface area (Å²) in [6.45, 7) is 8.85. The molecule has 0 saturated carbocycles. The van der Waals surface area contributed by atoms with Crippen LogP contribution in [0.4, 0.5) is 4.79 Å². The molecule has 2 aliphatic rings. The third-order valence-electron chi connectivity index (χ3n) is 4.61. The second kappa shape index (κ2) is 6.72. The molecule has 2 rings (SSSR count). The van der Waals surface area contributed by atoms with Crippen LogP contribution in [0.25, 0.3) is 0 Å². The number of piperazine rings is 1. The molecule has 0 aromatic rings. The van der Waals surface area contributed by atoms with Gasteiger partial charge in [0.2, 0.25) is 0 Å². The van der Waals surface area contributed by atoms with Crippen LogP contribution in [0.5, 0.6) is 0 Å². The van der Waals surface area contributed by atoms with Crippen molar-refractivity contribution in [2.75, 3.05) is 51.3 Å². The minimum absolute atomic E-state index is 0.0578. The van der Waals surface area contributed by atoms with Gasteiger partial charge in [0.15, 0.2) is 9.84 Å². The van der Waals surface area contributed by atoms with Crippen LogP contribution in [0.2, 0.25) is 0 Å². The summed E-state index contributed by atoms with van der Waals surface area (Å²) in [7, 11) is -0.845. The molecule has 1 atom stereocenters. The summed E-state index contributed by atoms with van der Waals surface area (Å²) in [6.07, 6.45) is 0.512. The van der Waals surface area contributed by atoms with E-state index in [1.807, 2.05) is 0 Å². The van der Waals surface area contributed by atoms with E-state index in [0.717, 1.165) is 26.2 Å². The summed E-state index contributed by atoms with van der Waals surface area (Å²) in [6, 6.07) is -0.527. The molecule has 7 nitrogen and oxygen atoms in total. The van der Waals surface area contributed by atoms with Gasteiger partial charge in [-0.2, -0.15) is 0 Å². The number of carbonyl (C=O) groups is 1. The second-order valence-corrected chi connectivity index (χ2v) is 9.26. The maximum atomic E-state index is 11.9. The molecule has 2 heterocycles. The Labute approximate surface area is 133 Å². The lowest BCUT2D eigenvalue weighted by Gasteiger charge is -2.43. The van der Waals surface area contributed by atoms with Gasteiger partial charge in [0.05, 0.1) is 11.5 Å². The van der Waals surface area contributed by atoms with Gasteiger partial charge < -0.3 is 15.5 Å². The summed E-state index contributed by atoms with van der Waals surface area (Å²) in [4.78, 5) is 16.6. The van der Waals surface area contributed by atoms with Crippen molar-refractivity contribution in [3.05, 3.63) is 0 Å². The topological polar surface area (TPSA) is 81.8 Å². The number of hydrogen-bond acceptors (Lipinski definition) is 5. The highest BCUT2D eigenvalue weighted by molar-refractivity contribution is 7.91. The third kappa shape index (κ3) is 4.82. The molecule has 0 aromatic carbocycles. The molecular weight excluding hydrogens is 304 g/mol. The van der Waals surface area contributed by atoms with Gasteiger partial charge in [-0.1, -0.05) is 0 Å². The largest absolute Gasteiger partial charge is 0.336 e. The second-order valence-electron chi connectivity index (χ2n) is 7.03. The first-order valence-electron chi connectivity index (χ1n) is 7.86. The summed E-state index contributed by atoms with van der Waals surface area (Å²) in [5.74, 6) is 0.229.